The van der Waals surface area contributed by atoms with Crippen molar-refractivity contribution in [2.24, 2.45) is 5.92 Å². The van der Waals surface area contributed by atoms with E-state index in [0.717, 1.165) is 12.8 Å². The van der Waals surface area contributed by atoms with Crippen LogP contribution in [0.5, 0.6) is 0 Å². The molecule has 2 heterocycles. The van der Waals surface area contributed by atoms with Gasteiger partial charge in [0, 0.05) is 17.0 Å². The largest absolute Gasteiger partial charge is 0.370 e. The zero-order chi connectivity index (χ0) is 16.1. The Morgan fingerprint density at radius 1 is 1.41 bits per heavy atom. The second kappa shape index (κ2) is 5.62. The second-order valence-electron chi connectivity index (χ2n) is 6.90. The molecule has 0 N–H and O–H groups in total. The van der Waals surface area contributed by atoms with E-state index in [1.54, 1.807) is 12.1 Å². The Bertz CT molecular complexity index is 560. The minimum absolute atomic E-state index is 0.00519. The number of fused-ring (bicyclic) bond motifs is 2. The Kier molecular flexibility index (Phi) is 4.22. The van der Waals surface area contributed by atoms with Gasteiger partial charge in [0.2, 0.25) is 0 Å². The maximum Gasteiger partial charge on any atom is 0.130 e. The zero-order valence-electron chi connectivity index (χ0n) is 13.0. The topological polar surface area (TPSA) is 18.5 Å². The third-order valence-corrected chi connectivity index (χ3v) is 6.07. The van der Waals surface area contributed by atoms with Crippen molar-refractivity contribution in [3.05, 3.63) is 34.6 Å². The summed E-state index contributed by atoms with van der Waals surface area (Å²) in [5, 5.41) is 0.386. The van der Waals surface area contributed by atoms with Crippen LogP contribution in [0, 0.1) is 11.7 Å². The van der Waals surface area contributed by atoms with E-state index in [1.165, 1.54) is 6.07 Å². The highest BCUT2D eigenvalue weighted by Crippen LogP contribution is 2.57. The normalized spacial score (nSPS) is 37.2. The first kappa shape index (κ1) is 16.5. The lowest BCUT2D eigenvalue weighted by Crippen LogP contribution is -2.45. The van der Waals surface area contributed by atoms with Crippen LogP contribution in [0.4, 0.5) is 4.39 Å². The van der Waals surface area contributed by atoms with Gasteiger partial charge in [-0.1, -0.05) is 31.5 Å². The first-order chi connectivity index (χ1) is 10.3. The van der Waals surface area contributed by atoms with Crippen molar-refractivity contribution in [1.29, 1.82) is 0 Å². The van der Waals surface area contributed by atoms with E-state index in [-0.39, 0.29) is 29.5 Å². The number of halogens is 3. The Balaban J connectivity index is 1.75. The Labute approximate surface area is 140 Å². The fourth-order valence-corrected chi connectivity index (χ4v) is 4.65. The minimum Gasteiger partial charge on any atom is -0.370 e. The lowest BCUT2D eigenvalue weighted by atomic mass is 9.75. The number of alkyl halides is 1. The van der Waals surface area contributed by atoms with Gasteiger partial charge in [0.1, 0.15) is 5.82 Å². The van der Waals surface area contributed by atoms with Crippen LogP contribution >= 0.6 is 23.2 Å². The molecule has 122 valence electrons. The maximum atomic E-state index is 13.9. The molecular weight excluding hydrogens is 326 g/mol. The molecule has 4 atom stereocenters. The van der Waals surface area contributed by atoms with Crippen LogP contribution in [0.1, 0.15) is 39.2 Å². The Hall–Kier alpha value is -0.350. The highest BCUT2D eigenvalue weighted by atomic mass is 35.5. The highest BCUT2D eigenvalue weighted by molar-refractivity contribution is 6.31. The third-order valence-electron chi connectivity index (χ3n) is 5.19. The number of hydrogen-bond acceptors (Lipinski definition) is 2. The minimum atomic E-state index is -0.408. The maximum absolute atomic E-state index is 13.9. The predicted octanol–water partition coefficient (Wildman–Crippen LogP) is 4.95. The summed E-state index contributed by atoms with van der Waals surface area (Å²) in [7, 11) is 0. The molecule has 2 bridgehead atoms. The Morgan fingerprint density at radius 3 is 2.73 bits per heavy atom. The lowest BCUT2D eigenvalue weighted by Gasteiger charge is -2.35. The summed E-state index contributed by atoms with van der Waals surface area (Å²) in [6.45, 7) is 6.43. The molecular formula is C17H21Cl2FO2. The molecule has 3 rings (SSSR count). The average Bonchev–Trinajstić information content (AvgIpc) is 2.86. The van der Waals surface area contributed by atoms with Crippen LogP contribution in [-0.4, -0.2) is 22.7 Å². The predicted molar refractivity (Wildman–Crippen MR) is 85.9 cm³/mol. The molecule has 0 radical (unpaired) electrons. The molecule has 5 heteroatoms. The first-order valence-corrected chi connectivity index (χ1v) is 8.49. The van der Waals surface area contributed by atoms with Gasteiger partial charge < -0.3 is 9.47 Å². The fraction of sp³-hybridized carbons (Fsp3) is 0.647. The van der Waals surface area contributed by atoms with Crippen molar-refractivity contribution in [2.75, 3.05) is 0 Å². The van der Waals surface area contributed by atoms with Crippen molar-refractivity contribution in [1.82, 2.24) is 0 Å². The van der Waals surface area contributed by atoms with E-state index >= 15 is 0 Å². The van der Waals surface area contributed by atoms with E-state index in [2.05, 4.69) is 13.8 Å². The average molecular weight is 347 g/mol. The first-order valence-electron chi connectivity index (χ1n) is 7.67. The van der Waals surface area contributed by atoms with Gasteiger partial charge in [-0.3, -0.25) is 0 Å². The van der Waals surface area contributed by atoms with Crippen molar-refractivity contribution in [3.63, 3.8) is 0 Å². The smallest absolute Gasteiger partial charge is 0.130 e. The highest BCUT2D eigenvalue weighted by Gasteiger charge is 2.65. The van der Waals surface area contributed by atoms with Gasteiger partial charge in [0.05, 0.1) is 29.3 Å². The van der Waals surface area contributed by atoms with E-state index in [4.69, 9.17) is 32.7 Å². The van der Waals surface area contributed by atoms with Gasteiger partial charge in [-0.25, -0.2) is 4.39 Å². The zero-order valence-corrected chi connectivity index (χ0v) is 14.5. The van der Waals surface area contributed by atoms with Gasteiger partial charge in [-0.15, -0.1) is 11.6 Å². The molecule has 2 aliphatic heterocycles. The molecule has 0 amide bonds. The molecule has 0 unspecified atom stereocenters. The quantitative estimate of drug-likeness (QED) is 0.718. The van der Waals surface area contributed by atoms with Gasteiger partial charge in [0.25, 0.3) is 0 Å². The van der Waals surface area contributed by atoms with Crippen molar-refractivity contribution < 1.29 is 13.9 Å². The molecule has 0 spiro atoms. The van der Waals surface area contributed by atoms with Crippen LogP contribution < -0.4 is 0 Å². The van der Waals surface area contributed by atoms with Crippen LogP contribution in [0.2, 0.25) is 5.02 Å². The molecule has 0 saturated carbocycles. The SMILES string of the molecule is CC(C)[C@]12C[C@@H](OCc3c(F)cccc3Cl)[C@](C)(C[C@@H]1Cl)O2. The molecule has 1 aromatic carbocycles. The lowest BCUT2D eigenvalue weighted by molar-refractivity contribution is -0.0959. The van der Waals surface area contributed by atoms with Gasteiger partial charge >= 0.3 is 0 Å². The standard InChI is InChI=1S/C17H21Cl2FO2/c1-10(2)17-8-15(16(3,22-17)7-14(17)19)21-9-11-12(18)5-4-6-13(11)20/h4-6,10,14-15H,7-9H2,1-3H3/t14-,15+,16-,17+/m0/s1. The summed E-state index contributed by atoms with van der Waals surface area (Å²) in [6, 6.07) is 4.66. The molecule has 2 nitrogen and oxygen atoms in total. The number of benzene rings is 1. The molecule has 1 aromatic rings. The van der Waals surface area contributed by atoms with E-state index in [1.807, 2.05) is 6.92 Å². The van der Waals surface area contributed by atoms with Crippen LogP contribution in [-0.2, 0) is 16.1 Å². The summed E-state index contributed by atoms with van der Waals surface area (Å²) in [5.74, 6) is -0.0296. The molecule has 2 aliphatic rings. The number of hydrogen-bond donors (Lipinski definition) is 0. The molecule has 2 fully saturated rings. The van der Waals surface area contributed by atoms with E-state index < -0.39 is 5.60 Å². The van der Waals surface area contributed by atoms with Crippen molar-refractivity contribution >= 4 is 23.2 Å². The summed E-state index contributed by atoms with van der Waals surface area (Å²) >= 11 is 12.6. The van der Waals surface area contributed by atoms with Crippen LogP contribution in [0.25, 0.3) is 0 Å². The number of rotatable bonds is 4. The van der Waals surface area contributed by atoms with Crippen LogP contribution in [0.3, 0.4) is 0 Å². The third kappa shape index (κ3) is 2.47. The van der Waals surface area contributed by atoms with Crippen molar-refractivity contribution in [2.45, 2.75) is 62.9 Å². The number of ether oxygens (including phenoxy) is 2. The van der Waals surface area contributed by atoms with E-state index in [9.17, 15) is 4.39 Å². The Morgan fingerprint density at radius 2 is 2.14 bits per heavy atom. The van der Waals surface area contributed by atoms with Crippen LogP contribution in [0.15, 0.2) is 18.2 Å². The van der Waals surface area contributed by atoms with Gasteiger partial charge in [0.15, 0.2) is 0 Å². The fourth-order valence-electron chi connectivity index (χ4n) is 3.75. The summed E-state index contributed by atoms with van der Waals surface area (Å²) in [5.41, 5.74) is -0.356. The molecule has 0 aliphatic carbocycles. The molecule has 2 saturated heterocycles. The second-order valence-corrected chi connectivity index (χ2v) is 7.83. The van der Waals surface area contributed by atoms with Gasteiger partial charge in [-0.05, 0) is 31.4 Å². The molecule has 0 aromatic heterocycles. The summed E-state index contributed by atoms with van der Waals surface area (Å²) in [6.07, 6.45) is 1.39. The summed E-state index contributed by atoms with van der Waals surface area (Å²) < 4.78 is 26.2. The van der Waals surface area contributed by atoms with E-state index in [0.29, 0.717) is 16.5 Å². The van der Waals surface area contributed by atoms with Crippen molar-refractivity contribution in [3.8, 4) is 0 Å². The monoisotopic (exact) mass is 346 g/mol. The molecule has 22 heavy (non-hydrogen) atoms. The summed E-state index contributed by atoms with van der Waals surface area (Å²) in [4.78, 5) is 0. The van der Waals surface area contributed by atoms with Gasteiger partial charge in [-0.2, -0.15) is 0 Å².